The second-order valence-corrected chi connectivity index (χ2v) is 6.20. The van der Waals surface area contributed by atoms with Crippen molar-refractivity contribution in [3.63, 3.8) is 0 Å². The van der Waals surface area contributed by atoms with E-state index in [2.05, 4.69) is 4.72 Å². The Morgan fingerprint density at radius 1 is 1.47 bits per heavy atom. The van der Waals surface area contributed by atoms with Crippen LogP contribution >= 0.6 is 11.6 Å². The molecule has 0 saturated heterocycles. The van der Waals surface area contributed by atoms with Gasteiger partial charge in [-0.25, -0.2) is 12.8 Å². The van der Waals surface area contributed by atoms with Crippen LogP contribution in [0.25, 0.3) is 0 Å². The Balaban J connectivity index is 2.86. The first kappa shape index (κ1) is 14.3. The van der Waals surface area contributed by atoms with Crippen molar-refractivity contribution in [1.29, 1.82) is 0 Å². The van der Waals surface area contributed by atoms with Crippen molar-refractivity contribution in [2.75, 3.05) is 16.4 Å². The predicted molar refractivity (Wildman–Crippen MR) is 68.4 cm³/mol. The van der Waals surface area contributed by atoms with E-state index in [4.69, 9.17) is 11.6 Å². The molecule has 0 radical (unpaired) electrons. The average Bonchev–Trinajstić information content (AvgIpc) is 2.22. The van der Waals surface area contributed by atoms with Crippen molar-refractivity contribution in [1.82, 2.24) is 0 Å². The Morgan fingerprint density at radius 2 is 2.12 bits per heavy atom. The van der Waals surface area contributed by atoms with Crippen LogP contribution in [0, 0.1) is 18.7 Å². The van der Waals surface area contributed by atoms with Crippen LogP contribution in [-0.4, -0.2) is 20.1 Å². The monoisotopic (exact) mass is 279 g/mol. The molecule has 0 bridgehead atoms. The fourth-order valence-electron chi connectivity index (χ4n) is 1.35. The van der Waals surface area contributed by atoms with Gasteiger partial charge in [-0.3, -0.25) is 4.72 Å². The molecule has 1 unspecified atom stereocenters. The standard InChI is InChI=1S/C11H15ClFNO2S/c1-8-3-4-10(13)11(5-8)14-17(15,16)7-9(2)6-12/h3-5,9,14H,6-7H2,1-2H3. The van der Waals surface area contributed by atoms with Crippen molar-refractivity contribution >= 4 is 27.3 Å². The van der Waals surface area contributed by atoms with Crippen molar-refractivity contribution in [2.45, 2.75) is 13.8 Å². The highest BCUT2D eigenvalue weighted by molar-refractivity contribution is 7.92. The molecule has 1 aromatic rings. The summed E-state index contributed by atoms with van der Waals surface area (Å²) in [5, 5.41) is 0. The molecule has 0 spiro atoms. The minimum absolute atomic E-state index is 0.0215. The number of alkyl halides is 1. The lowest BCUT2D eigenvalue weighted by Crippen LogP contribution is -2.22. The van der Waals surface area contributed by atoms with Gasteiger partial charge in [0.05, 0.1) is 11.4 Å². The first-order chi connectivity index (χ1) is 7.84. The van der Waals surface area contributed by atoms with Gasteiger partial charge < -0.3 is 0 Å². The van der Waals surface area contributed by atoms with Gasteiger partial charge in [-0.2, -0.15) is 0 Å². The number of sulfonamides is 1. The van der Waals surface area contributed by atoms with Crippen LogP contribution in [0.2, 0.25) is 0 Å². The smallest absolute Gasteiger partial charge is 0.233 e. The minimum Gasteiger partial charge on any atom is -0.281 e. The summed E-state index contributed by atoms with van der Waals surface area (Å²) in [6.07, 6.45) is 0. The number of benzene rings is 1. The third-order valence-corrected chi connectivity index (χ3v) is 4.22. The van der Waals surface area contributed by atoms with E-state index < -0.39 is 15.8 Å². The van der Waals surface area contributed by atoms with E-state index in [1.807, 2.05) is 0 Å². The van der Waals surface area contributed by atoms with Gasteiger partial charge in [0.25, 0.3) is 0 Å². The fraction of sp³-hybridized carbons (Fsp3) is 0.455. The van der Waals surface area contributed by atoms with Crippen molar-refractivity contribution in [3.05, 3.63) is 29.6 Å². The highest BCUT2D eigenvalue weighted by atomic mass is 35.5. The Bertz CT molecular complexity index is 490. The summed E-state index contributed by atoms with van der Waals surface area (Å²) in [5.74, 6) is -0.638. The van der Waals surface area contributed by atoms with Gasteiger partial charge in [0.1, 0.15) is 5.82 Å². The van der Waals surface area contributed by atoms with Crippen molar-refractivity contribution in [3.8, 4) is 0 Å². The number of aryl methyl sites for hydroxylation is 1. The maximum atomic E-state index is 13.4. The first-order valence-corrected chi connectivity index (χ1v) is 7.35. The maximum absolute atomic E-state index is 13.4. The Kier molecular flexibility index (Phi) is 4.77. The molecule has 1 rings (SSSR count). The fourth-order valence-corrected chi connectivity index (χ4v) is 3.03. The summed E-state index contributed by atoms with van der Waals surface area (Å²) in [6, 6.07) is 4.27. The molecule has 0 amide bonds. The van der Waals surface area contributed by atoms with Crippen molar-refractivity contribution in [2.24, 2.45) is 5.92 Å². The van der Waals surface area contributed by atoms with Crippen LogP contribution < -0.4 is 4.72 Å². The number of nitrogens with one attached hydrogen (secondary N) is 1. The van der Waals surface area contributed by atoms with Crippen LogP contribution in [-0.2, 0) is 10.0 Å². The number of hydrogen-bond donors (Lipinski definition) is 1. The van der Waals surface area contributed by atoms with Gasteiger partial charge in [0.15, 0.2) is 0 Å². The molecule has 3 nitrogen and oxygen atoms in total. The van der Waals surface area contributed by atoms with Crippen LogP contribution in [0.4, 0.5) is 10.1 Å². The lowest BCUT2D eigenvalue weighted by Gasteiger charge is -2.12. The van der Waals surface area contributed by atoms with Gasteiger partial charge in [0.2, 0.25) is 10.0 Å². The Morgan fingerprint density at radius 3 is 2.71 bits per heavy atom. The number of anilines is 1. The summed E-state index contributed by atoms with van der Waals surface area (Å²) >= 11 is 5.55. The van der Waals surface area contributed by atoms with Crippen LogP contribution in [0.1, 0.15) is 12.5 Å². The quantitative estimate of drug-likeness (QED) is 0.843. The lowest BCUT2D eigenvalue weighted by atomic mass is 10.2. The zero-order valence-corrected chi connectivity index (χ0v) is 11.3. The van der Waals surface area contributed by atoms with E-state index in [-0.39, 0.29) is 23.2 Å². The molecule has 1 atom stereocenters. The number of hydrogen-bond acceptors (Lipinski definition) is 2. The molecule has 0 fully saturated rings. The zero-order chi connectivity index (χ0) is 13.1. The van der Waals surface area contributed by atoms with E-state index in [9.17, 15) is 12.8 Å². The van der Waals surface area contributed by atoms with Crippen molar-refractivity contribution < 1.29 is 12.8 Å². The normalized spacial score (nSPS) is 13.4. The first-order valence-electron chi connectivity index (χ1n) is 5.16. The van der Waals surface area contributed by atoms with E-state index >= 15 is 0 Å². The lowest BCUT2D eigenvalue weighted by molar-refractivity contribution is 0.586. The Labute approximate surface area is 106 Å². The minimum atomic E-state index is -3.56. The topological polar surface area (TPSA) is 46.2 Å². The zero-order valence-electron chi connectivity index (χ0n) is 9.70. The maximum Gasteiger partial charge on any atom is 0.233 e. The predicted octanol–water partition coefficient (Wildman–Crippen LogP) is 2.75. The molecule has 0 aromatic heterocycles. The van der Waals surface area contributed by atoms with Crippen LogP contribution in [0.15, 0.2) is 18.2 Å². The summed E-state index contributed by atoms with van der Waals surface area (Å²) in [4.78, 5) is 0. The molecule has 0 aliphatic rings. The van der Waals surface area contributed by atoms with Crippen LogP contribution in [0.5, 0.6) is 0 Å². The second kappa shape index (κ2) is 5.69. The Hall–Kier alpha value is -0.810. The average molecular weight is 280 g/mol. The molecular weight excluding hydrogens is 265 g/mol. The highest BCUT2D eigenvalue weighted by Gasteiger charge is 2.16. The van der Waals surface area contributed by atoms with E-state index in [1.54, 1.807) is 19.9 Å². The van der Waals surface area contributed by atoms with Gasteiger partial charge in [-0.15, -0.1) is 11.6 Å². The third-order valence-electron chi connectivity index (χ3n) is 2.15. The molecule has 6 heteroatoms. The molecule has 0 aliphatic carbocycles. The summed E-state index contributed by atoms with van der Waals surface area (Å²) in [5.41, 5.74) is 0.765. The largest absolute Gasteiger partial charge is 0.281 e. The molecule has 0 aliphatic heterocycles. The van der Waals surface area contributed by atoms with E-state index in [0.717, 1.165) is 5.56 Å². The van der Waals surface area contributed by atoms with E-state index in [0.29, 0.717) is 0 Å². The molecule has 1 aromatic carbocycles. The second-order valence-electron chi connectivity index (χ2n) is 4.13. The molecule has 1 N–H and O–H groups in total. The van der Waals surface area contributed by atoms with Crippen LogP contribution in [0.3, 0.4) is 0 Å². The molecule has 96 valence electrons. The van der Waals surface area contributed by atoms with Gasteiger partial charge in [-0.1, -0.05) is 13.0 Å². The van der Waals surface area contributed by atoms with Gasteiger partial charge in [0, 0.05) is 5.88 Å². The number of halogens is 2. The highest BCUT2D eigenvalue weighted by Crippen LogP contribution is 2.18. The van der Waals surface area contributed by atoms with Gasteiger partial charge >= 0.3 is 0 Å². The molecule has 17 heavy (non-hydrogen) atoms. The van der Waals surface area contributed by atoms with E-state index in [1.165, 1.54) is 12.1 Å². The third kappa shape index (κ3) is 4.52. The summed E-state index contributed by atoms with van der Waals surface area (Å²) < 4.78 is 39.0. The summed E-state index contributed by atoms with van der Waals surface area (Å²) in [7, 11) is -3.56. The van der Waals surface area contributed by atoms with Gasteiger partial charge in [-0.05, 0) is 30.5 Å². The molecular formula is C11H15ClFNO2S. The molecule has 0 saturated carbocycles. The SMILES string of the molecule is Cc1ccc(F)c(NS(=O)(=O)CC(C)CCl)c1. The molecule has 0 heterocycles. The number of rotatable bonds is 5. The summed E-state index contributed by atoms with van der Waals surface area (Å²) in [6.45, 7) is 3.48.